The van der Waals surface area contributed by atoms with Crippen LogP contribution in [0, 0.1) is 6.92 Å². The van der Waals surface area contributed by atoms with E-state index in [2.05, 4.69) is 26.5 Å². The summed E-state index contributed by atoms with van der Waals surface area (Å²) in [5, 5.41) is 0. The Morgan fingerprint density at radius 3 is 2.57 bits per heavy atom. The van der Waals surface area contributed by atoms with Gasteiger partial charge in [-0.05, 0) is 36.1 Å². The first-order valence-electron chi connectivity index (χ1n) is 4.83. The van der Waals surface area contributed by atoms with Gasteiger partial charge < -0.3 is 0 Å². The van der Waals surface area contributed by atoms with Crippen molar-refractivity contribution in [2.75, 3.05) is 0 Å². The maximum Gasteiger partial charge on any atom is 0.185 e. The van der Waals surface area contributed by atoms with Gasteiger partial charge in [-0.2, -0.15) is 0 Å². The van der Waals surface area contributed by atoms with Crippen molar-refractivity contribution in [2.24, 2.45) is 0 Å². The van der Waals surface area contributed by atoms with E-state index in [1.165, 1.54) is 11.6 Å². The molecule has 0 aromatic heterocycles. The topological polar surface area (TPSA) is 17.1 Å². The molecule has 0 unspecified atom stereocenters. The van der Waals surface area contributed by atoms with Crippen LogP contribution in [0.4, 0.5) is 0 Å². The lowest BCUT2D eigenvalue weighted by molar-refractivity contribution is 0.104. The van der Waals surface area contributed by atoms with E-state index in [4.69, 9.17) is 0 Å². The Labute approximate surface area is 85.5 Å². The summed E-state index contributed by atoms with van der Waals surface area (Å²) in [6.45, 7) is 9.68. The molecular formula is C13H16O. The number of allylic oxidation sites excluding steroid dienone is 1. The van der Waals surface area contributed by atoms with Gasteiger partial charge in [0, 0.05) is 5.56 Å². The van der Waals surface area contributed by atoms with Gasteiger partial charge in [0.2, 0.25) is 0 Å². The number of ketones is 1. The van der Waals surface area contributed by atoms with Crippen LogP contribution in [0.5, 0.6) is 0 Å². The summed E-state index contributed by atoms with van der Waals surface area (Å²) in [5.41, 5.74) is 2.98. The third kappa shape index (κ3) is 2.11. The Bertz CT molecular complexity index is 361. The van der Waals surface area contributed by atoms with Gasteiger partial charge in [-0.15, -0.1) is 0 Å². The van der Waals surface area contributed by atoms with E-state index < -0.39 is 0 Å². The number of hydrogen-bond donors (Lipinski definition) is 0. The predicted molar refractivity (Wildman–Crippen MR) is 59.8 cm³/mol. The number of benzene rings is 1. The summed E-state index contributed by atoms with van der Waals surface area (Å²) in [4.78, 5) is 11.5. The molecule has 0 spiro atoms. The number of aryl methyl sites for hydroxylation is 1. The molecule has 1 aromatic carbocycles. The van der Waals surface area contributed by atoms with Gasteiger partial charge in [-0.25, -0.2) is 0 Å². The Hall–Kier alpha value is -1.37. The van der Waals surface area contributed by atoms with E-state index in [9.17, 15) is 4.79 Å². The highest BCUT2D eigenvalue weighted by Crippen LogP contribution is 2.19. The van der Waals surface area contributed by atoms with Crippen molar-refractivity contribution in [1.82, 2.24) is 0 Å². The van der Waals surface area contributed by atoms with E-state index in [1.807, 2.05) is 19.1 Å². The zero-order valence-electron chi connectivity index (χ0n) is 9.00. The molecule has 1 heteroatoms. The summed E-state index contributed by atoms with van der Waals surface area (Å²) in [6, 6.07) is 6.02. The van der Waals surface area contributed by atoms with Crippen LogP contribution >= 0.6 is 0 Å². The summed E-state index contributed by atoms with van der Waals surface area (Å²) < 4.78 is 0. The van der Waals surface area contributed by atoms with Crippen molar-refractivity contribution in [3.63, 3.8) is 0 Å². The van der Waals surface area contributed by atoms with E-state index in [1.54, 1.807) is 0 Å². The average molecular weight is 188 g/mol. The minimum Gasteiger partial charge on any atom is -0.289 e. The molecule has 0 N–H and O–H groups in total. The van der Waals surface area contributed by atoms with E-state index in [0.29, 0.717) is 5.92 Å². The van der Waals surface area contributed by atoms with Crippen molar-refractivity contribution in [1.29, 1.82) is 0 Å². The zero-order chi connectivity index (χ0) is 10.7. The predicted octanol–water partition coefficient (Wildman–Crippen LogP) is 3.49. The lowest BCUT2D eigenvalue weighted by atomic mass is 9.96. The second-order valence-corrected chi connectivity index (χ2v) is 3.80. The minimum atomic E-state index is 0.00463. The molecule has 1 aromatic rings. The first-order chi connectivity index (χ1) is 6.56. The van der Waals surface area contributed by atoms with Crippen molar-refractivity contribution in [3.05, 3.63) is 47.5 Å². The molecule has 0 saturated heterocycles. The molecule has 1 nitrogen and oxygen atoms in total. The molecule has 0 bridgehead atoms. The standard InChI is InChI=1S/C13H16O/c1-5-13(14)12-8-11(9(2)3)7-6-10(12)4/h5-9H,1H2,2-4H3. The third-order valence-corrected chi connectivity index (χ3v) is 2.38. The molecule has 14 heavy (non-hydrogen) atoms. The van der Waals surface area contributed by atoms with Gasteiger partial charge in [-0.1, -0.05) is 32.6 Å². The average Bonchev–Trinajstić information content (AvgIpc) is 2.17. The Morgan fingerprint density at radius 1 is 1.43 bits per heavy atom. The van der Waals surface area contributed by atoms with Crippen molar-refractivity contribution >= 4 is 5.78 Å². The van der Waals surface area contributed by atoms with Crippen molar-refractivity contribution in [3.8, 4) is 0 Å². The second-order valence-electron chi connectivity index (χ2n) is 3.80. The highest BCUT2D eigenvalue weighted by molar-refractivity contribution is 6.05. The van der Waals surface area contributed by atoms with Gasteiger partial charge in [0.05, 0.1) is 0 Å². The minimum absolute atomic E-state index is 0.00463. The fourth-order valence-corrected chi connectivity index (χ4v) is 1.37. The van der Waals surface area contributed by atoms with Crippen LogP contribution in [0.1, 0.15) is 41.3 Å². The van der Waals surface area contributed by atoms with E-state index in [-0.39, 0.29) is 5.78 Å². The van der Waals surface area contributed by atoms with Crippen LogP contribution in [0.25, 0.3) is 0 Å². The molecule has 0 fully saturated rings. The van der Waals surface area contributed by atoms with Gasteiger partial charge in [-0.3, -0.25) is 4.79 Å². The van der Waals surface area contributed by atoms with Gasteiger partial charge in [0.25, 0.3) is 0 Å². The molecule has 0 heterocycles. The zero-order valence-corrected chi connectivity index (χ0v) is 9.00. The van der Waals surface area contributed by atoms with E-state index in [0.717, 1.165) is 11.1 Å². The molecule has 0 atom stereocenters. The van der Waals surface area contributed by atoms with Gasteiger partial charge >= 0.3 is 0 Å². The molecule has 0 amide bonds. The Kier molecular flexibility index (Phi) is 3.23. The van der Waals surface area contributed by atoms with E-state index >= 15 is 0 Å². The van der Waals surface area contributed by atoms with Crippen LogP contribution in [0.15, 0.2) is 30.9 Å². The third-order valence-electron chi connectivity index (χ3n) is 2.38. The highest BCUT2D eigenvalue weighted by Gasteiger charge is 2.07. The summed E-state index contributed by atoms with van der Waals surface area (Å²) in [7, 11) is 0. The van der Waals surface area contributed by atoms with Crippen LogP contribution in [-0.2, 0) is 0 Å². The maximum absolute atomic E-state index is 11.5. The fourth-order valence-electron chi connectivity index (χ4n) is 1.37. The molecule has 1 rings (SSSR count). The molecule has 0 saturated carbocycles. The SMILES string of the molecule is C=CC(=O)c1cc(C(C)C)ccc1C. The number of carbonyl (C=O) groups is 1. The van der Waals surface area contributed by atoms with Crippen LogP contribution in [-0.4, -0.2) is 5.78 Å². The second kappa shape index (κ2) is 4.23. The monoisotopic (exact) mass is 188 g/mol. The smallest absolute Gasteiger partial charge is 0.185 e. The molecule has 74 valence electrons. The van der Waals surface area contributed by atoms with Crippen LogP contribution in [0.3, 0.4) is 0 Å². The summed E-state index contributed by atoms with van der Waals surface area (Å²) >= 11 is 0. The highest BCUT2D eigenvalue weighted by atomic mass is 16.1. The molecule has 0 radical (unpaired) electrons. The molecule has 0 aliphatic heterocycles. The normalized spacial score (nSPS) is 10.3. The summed E-state index contributed by atoms with van der Waals surface area (Å²) in [5.74, 6) is 0.456. The number of hydrogen-bond acceptors (Lipinski definition) is 1. The van der Waals surface area contributed by atoms with Gasteiger partial charge in [0.15, 0.2) is 5.78 Å². The lowest BCUT2D eigenvalue weighted by Crippen LogP contribution is -1.99. The largest absolute Gasteiger partial charge is 0.289 e. The molecule has 0 aliphatic rings. The lowest BCUT2D eigenvalue weighted by Gasteiger charge is -2.08. The fraction of sp³-hybridized carbons (Fsp3) is 0.308. The van der Waals surface area contributed by atoms with Crippen LogP contribution < -0.4 is 0 Å². The first kappa shape index (κ1) is 10.7. The van der Waals surface area contributed by atoms with Gasteiger partial charge in [0.1, 0.15) is 0 Å². The quantitative estimate of drug-likeness (QED) is 0.524. The Balaban J connectivity index is 3.21. The number of rotatable bonds is 3. The van der Waals surface area contributed by atoms with Crippen LogP contribution in [0.2, 0.25) is 0 Å². The first-order valence-corrected chi connectivity index (χ1v) is 4.83. The Morgan fingerprint density at radius 2 is 2.07 bits per heavy atom. The molecular weight excluding hydrogens is 172 g/mol. The summed E-state index contributed by atoms with van der Waals surface area (Å²) in [6.07, 6.45) is 1.37. The molecule has 0 aliphatic carbocycles. The maximum atomic E-state index is 11.5. The number of carbonyl (C=O) groups excluding carboxylic acids is 1. The van der Waals surface area contributed by atoms with Crippen molar-refractivity contribution < 1.29 is 4.79 Å². The van der Waals surface area contributed by atoms with Crippen molar-refractivity contribution in [2.45, 2.75) is 26.7 Å².